The Labute approximate surface area is 123 Å². The number of carbonyl (C=O) groups is 1. The summed E-state index contributed by atoms with van der Waals surface area (Å²) in [7, 11) is 0. The van der Waals surface area contributed by atoms with E-state index in [1.54, 1.807) is 12.1 Å². The molecule has 1 aliphatic rings. The summed E-state index contributed by atoms with van der Waals surface area (Å²) >= 11 is 0. The van der Waals surface area contributed by atoms with Crippen molar-refractivity contribution >= 4 is 11.7 Å². The molecule has 2 aromatic carbocycles. The van der Waals surface area contributed by atoms with Crippen molar-refractivity contribution in [2.75, 3.05) is 11.4 Å². The van der Waals surface area contributed by atoms with E-state index in [4.69, 9.17) is 0 Å². The van der Waals surface area contributed by atoms with Crippen molar-refractivity contribution in [2.45, 2.75) is 18.9 Å². The first-order valence-corrected chi connectivity index (χ1v) is 7.03. The van der Waals surface area contributed by atoms with Crippen molar-refractivity contribution in [1.82, 2.24) is 0 Å². The number of carboxylic acid groups (broad SMARTS) is 1. The number of phenolic OH excluding ortho intramolecular Hbond substituents is 1. The number of anilines is 1. The minimum Gasteiger partial charge on any atom is -0.508 e. The topological polar surface area (TPSA) is 60.8 Å². The molecule has 108 valence electrons. The predicted octanol–water partition coefficient (Wildman–Crippen LogP) is 2.97. The molecular weight excluding hydrogens is 266 g/mol. The van der Waals surface area contributed by atoms with Crippen molar-refractivity contribution in [3.05, 3.63) is 59.7 Å². The van der Waals surface area contributed by atoms with E-state index in [9.17, 15) is 15.0 Å². The van der Waals surface area contributed by atoms with Gasteiger partial charge in [0.25, 0.3) is 0 Å². The predicted molar refractivity (Wildman–Crippen MR) is 80.6 cm³/mol. The Kier molecular flexibility index (Phi) is 3.52. The molecule has 21 heavy (non-hydrogen) atoms. The third-order valence-corrected chi connectivity index (χ3v) is 3.90. The second-order valence-electron chi connectivity index (χ2n) is 5.26. The number of aliphatic carboxylic acids is 1. The van der Waals surface area contributed by atoms with Gasteiger partial charge in [0.15, 0.2) is 6.04 Å². The molecule has 0 radical (unpaired) electrons. The highest BCUT2D eigenvalue weighted by atomic mass is 16.4. The summed E-state index contributed by atoms with van der Waals surface area (Å²) in [6.07, 6.45) is 1.92. The monoisotopic (exact) mass is 283 g/mol. The molecule has 0 fully saturated rings. The fraction of sp³-hybridized carbons (Fsp3) is 0.235. The molecule has 0 aromatic heterocycles. The van der Waals surface area contributed by atoms with Crippen LogP contribution < -0.4 is 4.90 Å². The van der Waals surface area contributed by atoms with E-state index in [0.29, 0.717) is 5.56 Å². The minimum atomic E-state index is -0.877. The van der Waals surface area contributed by atoms with Gasteiger partial charge in [-0.1, -0.05) is 30.3 Å². The van der Waals surface area contributed by atoms with Crippen molar-refractivity contribution in [2.24, 2.45) is 0 Å². The van der Waals surface area contributed by atoms with Crippen molar-refractivity contribution in [1.29, 1.82) is 0 Å². The first kappa shape index (κ1) is 13.5. The summed E-state index contributed by atoms with van der Waals surface area (Å²) in [5.74, 6) is -0.737. The molecule has 1 atom stereocenters. The molecule has 3 rings (SSSR count). The summed E-state index contributed by atoms with van der Waals surface area (Å²) in [5.41, 5.74) is 2.86. The second-order valence-corrected chi connectivity index (χ2v) is 5.26. The molecule has 1 heterocycles. The summed E-state index contributed by atoms with van der Waals surface area (Å²) in [4.78, 5) is 13.7. The van der Waals surface area contributed by atoms with Gasteiger partial charge in [-0.3, -0.25) is 0 Å². The van der Waals surface area contributed by atoms with Gasteiger partial charge in [-0.25, -0.2) is 4.79 Å². The van der Waals surface area contributed by atoms with E-state index in [0.717, 1.165) is 25.1 Å². The fourth-order valence-electron chi connectivity index (χ4n) is 2.94. The Morgan fingerprint density at radius 1 is 1.10 bits per heavy atom. The molecule has 0 saturated carbocycles. The molecule has 0 bridgehead atoms. The van der Waals surface area contributed by atoms with Crippen LogP contribution in [0.4, 0.5) is 5.69 Å². The van der Waals surface area contributed by atoms with Crippen molar-refractivity contribution < 1.29 is 15.0 Å². The molecule has 1 unspecified atom stereocenters. The van der Waals surface area contributed by atoms with Gasteiger partial charge >= 0.3 is 5.97 Å². The number of para-hydroxylation sites is 1. The van der Waals surface area contributed by atoms with Crippen LogP contribution in [0, 0.1) is 0 Å². The molecule has 0 spiro atoms. The third kappa shape index (κ3) is 2.57. The maximum absolute atomic E-state index is 11.8. The quantitative estimate of drug-likeness (QED) is 0.909. The number of aromatic hydroxyl groups is 1. The van der Waals surface area contributed by atoms with E-state index in [1.165, 1.54) is 17.7 Å². The number of hydrogen-bond donors (Lipinski definition) is 2. The Balaban J connectivity index is 2.03. The normalized spacial score (nSPS) is 15.3. The first-order valence-electron chi connectivity index (χ1n) is 7.03. The third-order valence-electron chi connectivity index (χ3n) is 3.90. The Bertz CT molecular complexity index is 651. The van der Waals surface area contributed by atoms with Gasteiger partial charge in [0.05, 0.1) is 0 Å². The van der Waals surface area contributed by atoms with Crippen LogP contribution in [-0.2, 0) is 11.2 Å². The van der Waals surface area contributed by atoms with E-state index >= 15 is 0 Å². The standard InChI is InChI=1S/C17H17NO3/c19-14-9-7-13(8-10-14)16(17(20)21)18-11-3-5-12-4-1-2-6-15(12)18/h1-2,4,6-10,16,19H,3,5,11H2,(H,20,21). The van der Waals surface area contributed by atoms with E-state index in [-0.39, 0.29) is 5.75 Å². The Hall–Kier alpha value is -2.49. The zero-order chi connectivity index (χ0) is 14.8. The average Bonchev–Trinajstić information content (AvgIpc) is 2.49. The SMILES string of the molecule is O=C(O)C(c1ccc(O)cc1)N1CCCc2ccccc21. The van der Waals surface area contributed by atoms with Crippen molar-refractivity contribution in [3.8, 4) is 5.75 Å². The number of aryl methyl sites for hydroxylation is 1. The molecule has 2 aromatic rings. The highest BCUT2D eigenvalue weighted by Gasteiger charge is 2.30. The molecule has 0 saturated heterocycles. The van der Waals surface area contributed by atoms with Crippen LogP contribution in [0.1, 0.15) is 23.6 Å². The summed E-state index contributed by atoms with van der Waals surface area (Å²) in [5, 5.41) is 19.1. The molecule has 0 amide bonds. The van der Waals surface area contributed by atoms with Gasteiger partial charge in [0, 0.05) is 12.2 Å². The molecular formula is C17H17NO3. The lowest BCUT2D eigenvalue weighted by atomic mass is 9.97. The minimum absolute atomic E-state index is 0.141. The first-order chi connectivity index (χ1) is 10.2. The van der Waals surface area contributed by atoms with Crippen LogP contribution in [0.25, 0.3) is 0 Å². The molecule has 4 nitrogen and oxygen atoms in total. The van der Waals surface area contributed by atoms with Crippen LogP contribution >= 0.6 is 0 Å². The largest absolute Gasteiger partial charge is 0.508 e. The molecule has 2 N–H and O–H groups in total. The maximum atomic E-state index is 11.8. The van der Waals surface area contributed by atoms with Crippen LogP contribution in [0.3, 0.4) is 0 Å². The number of nitrogens with zero attached hydrogens (tertiary/aromatic N) is 1. The average molecular weight is 283 g/mol. The lowest BCUT2D eigenvalue weighted by Crippen LogP contribution is -2.37. The number of fused-ring (bicyclic) bond motifs is 1. The lowest BCUT2D eigenvalue weighted by molar-refractivity contribution is -0.138. The van der Waals surface area contributed by atoms with Gasteiger partial charge in [-0.15, -0.1) is 0 Å². The molecule has 4 heteroatoms. The van der Waals surface area contributed by atoms with Crippen LogP contribution in [-0.4, -0.2) is 22.7 Å². The molecule has 1 aliphatic heterocycles. The maximum Gasteiger partial charge on any atom is 0.331 e. The van der Waals surface area contributed by atoms with Gasteiger partial charge in [0.1, 0.15) is 5.75 Å². The number of rotatable bonds is 3. The van der Waals surface area contributed by atoms with Crippen LogP contribution in [0.5, 0.6) is 5.75 Å². The summed E-state index contributed by atoms with van der Waals surface area (Å²) < 4.78 is 0. The van der Waals surface area contributed by atoms with E-state index in [2.05, 4.69) is 6.07 Å². The van der Waals surface area contributed by atoms with Crippen molar-refractivity contribution in [3.63, 3.8) is 0 Å². The Morgan fingerprint density at radius 3 is 2.52 bits per heavy atom. The highest BCUT2D eigenvalue weighted by Crippen LogP contribution is 2.34. The van der Waals surface area contributed by atoms with Gasteiger partial charge in [-0.05, 0) is 42.2 Å². The smallest absolute Gasteiger partial charge is 0.331 e. The fourth-order valence-corrected chi connectivity index (χ4v) is 2.94. The highest BCUT2D eigenvalue weighted by molar-refractivity contribution is 5.81. The number of hydrogen-bond acceptors (Lipinski definition) is 3. The number of carboxylic acids is 1. The Morgan fingerprint density at radius 2 is 1.81 bits per heavy atom. The zero-order valence-electron chi connectivity index (χ0n) is 11.6. The number of phenols is 1. The van der Waals surface area contributed by atoms with Gasteiger partial charge in [0.2, 0.25) is 0 Å². The van der Waals surface area contributed by atoms with Gasteiger partial charge in [-0.2, -0.15) is 0 Å². The summed E-state index contributed by atoms with van der Waals surface area (Å²) in [6.45, 7) is 0.717. The summed E-state index contributed by atoms with van der Waals surface area (Å²) in [6, 6.07) is 13.6. The lowest BCUT2D eigenvalue weighted by Gasteiger charge is -2.36. The zero-order valence-corrected chi connectivity index (χ0v) is 11.6. The van der Waals surface area contributed by atoms with E-state index in [1.807, 2.05) is 23.1 Å². The van der Waals surface area contributed by atoms with Gasteiger partial charge < -0.3 is 15.1 Å². The van der Waals surface area contributed by atoms with Crippen LogP contribution in [0.2, 0.25) is 0 Å². The van der Waals surface area contributed by atoms with Crippen LogP contribution in [0.15, 0.2) is 48.5 Å². The van der Waals surface area contributed by atoms with E-state index < -0.39 is 12.0 Å². The second kappa shape index (κ2) is 5.48. The number of benzene rings is 2. The molecule has 0 aliphatic carbocycles.